The molecule has 0 rings (SSSR count). The van der Waals surface area contributed by atoms with Crippen LogP contribution in [0.3, 0.4) is 0 Å². The highest BCUT2D eigenvalue weighted by Gasteiger charge is 2.25. The number of aliphatic hydroxyl groups is 2. The number of hydrogen-bond donors (Lipinski definition) is 4. The van der Waals surface area contributed by atoms with Crippen LogP contribution in [-0.4, -0.2) is 39.5 Å². The second-order valence-corrected chi connectivity index (χ2v) is 2.80. The van der Waals surface area contributed by atoms with E-state index in [4.69, 9.17) is 21.1 Å². The summed E-state index contributed by atoms with van der Waals surface area (Å²) < 4.78 is 0. The monoisotopic (exact) mass is 163 g/mol. The van der Waals surface area contributed by atoms with Crippen molar-refractivity contribution >= 4 is 5.97 Å². The first-order valence-corrected chi connectivity index (χ1v) is 3.20. The Kier molecular flexibility index (Phi) is 3.44. The van der Waals surface area contributed by atoms with Gasteiger partial charge in [-0.15, -0.1) is 0 Å². The van der Waals surface area contributed by atoms with Crippen LogP contribution in [0.2, 0.25) is 0 Å². The fraction of sp³-hybridized carbons (Fsp3) is 0.833. The molecular formula is C6H13NO4. The summed E-state index contributed by atoms with van der Waals surface area (Å²) in [5.74, 6) is -1.18. The van der Waals surface area contributed by atoms with Crippen molar-refractivity contribution in [3.63, 3.8) is 0 Å². The first kappa shape index (κ1) is 10.3. The molecule has 0 radical (unpaired) electrons. The van der Waals surface area contributed by atoms with Crippen molar-refractivity contribution in [2.24, 2.45) is 5.73 Å². The molecule has 5 heteroatoms. The molecule has 0 aromatic rings. The van der Waals surface area contributed by atoms with E-state index in [1.54, 1.807) is 0 Å². The van der Waals surface area contributed by atoms with Crippen LogP contribution < -0.4 is 5.73 Å². The molecule has 2 atom stereocenters. The molecule has 5 N–H and O–H groups in total. The third-order valence-electron chi connectivity index (χ3n) is 1.32. The summed E-state index contributed by atoms with van der Waals surface area (Å²) in [6.07, 6.45) is -0.154. The first-order chi connectivity index (χ1) is 4.89. The molecule has 0 fully saturated rings. The lowest BCUT2D eigenvalue weighted by Gasteiger charge is -2.21. The van der Waals surface area contributed by atoms with E-state index in [1.807, 2.05) is 0 Å². The van der Waals surface area contributed by atoms with Gasteiger partial charge in [-0.1, -0.05) is 0 Å². The van der Waals surface area contributed by atoms with Crippen molar-refractivity contribution in [2.45, 2.75) is 25.0 Å². The van der Waals surface area contributed by atoms with Crippen LogP contribution in [0, 0.1) is 0 Å². The SMILES string of the molecule is C[C@@](O)(CO)C[C@H](N)C(=O)O. The Balaban J connectivity index is 3.93. The first-order valence-electron chi connectivity index (χ1n) is 3.20. The minimum Gasteiger partial charge on any atom is -0.480 e. The van der Waals surface area contributed by atoms with Gasteiger partial charge in [0.2, 0.25) is 0 Å². The van der Waals surface area contributed by atoms with Gasteiger partial charge in [-0.3, -0.25) is 4.79 Å². The zero-order chi connectivity index (χ0) is 9.07. The highest BCUT2D eigenvalue weighted by Crippen LogP contribution is 2.09. The second kappa shape index (κ2) is 3.66. The standard InChI is InChI=1S/C6H13NO4/c1-6(11,3-8)2-4(7)5(9)10/h4,8,11H,2-3,7H2,1H3,(H,9,10)/t4-,6-/m0/s1. The third kappa shape index (κ3) is 3.92. The maximum absolute atomic E-state index is 10.2. The van der Waals surface area contributed by atoms with Gasteiger partial charge >= 0.3 is 5.97 Å². The molecule has 0 aliphatic rings. The number of carboxylic acid groups (broad SMARTS) is 1. The minimum absolute atomic E-state index is 0.154. The Labute approximate surface area is 64.4 Å². The molecule has 11 heavy (non-hydrogen) atoms. The molecule has 66 valence electrons. The van der Waals surface area contributed by atoms with E-state index in [0.717, 1.165) is 0 Å². The molecular weight excluding hydrogens is 150 g/mol. The van der Waals surface area contributed by atoms with E-state index in [-0.39, 0.29) is 6.42 Å². The van der Waals surface area contributed by atoms with Gasteiger partial charge < -0.3 is 21.1 Å². The number of hydrogen-bond acceptors (Lipinski definition) is 4. The van der Waals surface area contributed by atoms with Gasteiger partial charge in [-0.05, 0) is 6.92 Å². The van der Waals surface area contributed by atoms with E-state index in [1.165, 1.54) is 6.92 Å². The zero-order valence-electron chi connectivity index (χ0n) is 6.32. The number of nitrogens with two attached hydrogens (primary N) is 1. The molecule has 0 bridgehead atoms. The Bertz CT molecular complexity index is 146. The average molecular weight is 163 g/mol. The molecule has 0 saturated carbocycles. The highest BCUT2D eigenvalue weighted by molar-refractivity contribution is 5.73. The van der Waals surface area contributed by atoms with Crippen molar-refractivity contribution in [3.05, 3.63) is 0 Å². The summed E-state index contributed by atoms with van der Waals surface area (Å²) in [4.78, 5) is 10.2. The van der Waals surface area contributed by atoms with E-state index < -0.39 is 24.2 Å². The predicted octanol–water partition coefficient (Wildman–Crippen LogP) is -1.47. The van der Waals surface area contributed by atoms with Gasteiger partial charge in [0.05, 0.1) is 12.2 Å². The largest absolute Gasteiger partial charge is 0.480 e. The second-order valence-electron chi connectivity index (χ2n) is 2.80. The van der Waals surface area contributed by atoms with Gasteiger partial charge in [0.15, 0.2) is 0 Å². The summed E-state index contributed by atoms with van der Waals surface area (Å²) in [5.41, 5.74) is 3.70. The number of aliphatic carboxylic acids is 1. The number of aliphatic hydroxyl groups excluding tert-OH is 1. The van der Waals surface area contributed by atoms with Crippen LogP contribution in [0.1, 0.15) is 13.3 Å². The quantitative estimate of drug-likeness (QED) is 0.405. The molecule has 0 aromatic carbocycles. The maximum Gasteiger partial charge on any atom is 0.320 e. The summed E-state index contributed by atoms with van der Waals surface area (Å²) in [6, 6.07) is -1.13. The van der Waals surface area contributed by atoms with Crippen LogP contribution in [0.25, 0.3) is 0 Å². The summed E-state index contributed by atoms with van der Waals surface area (Å²) >= 11 is 0. The average Bonchev–Trinajstić information content (AvgIpc) is 1.87. The Morgan fingerprint density at radius 2 is 2.18 bits per heavy atom. The normalized spacial score (nSPS) is 18.9. The number of carboxylic acids is 1. The van der Waals surface area contributed by atoms with E-state index in [0.29, 0.717) is 0 Å². The number of rotatable bonds is 4. The fourth-order valence-corrected chi connectivity index (χ4v) is 0.626. The van der Waals surface area contributed by atoms with E-state index in [9.17, 15) is 4.79 Å². The molecule has 0 aromatic heterocycles. The van der Waals surface area contributed by atoms with Crippen molar-refractivity contribution < 1.29 is 20.1 Å². The number of carbonyl (C=O) groups is 1. The lowest BCUT2D eigenvalue weighted by Crippen LogP contribution is -2.41. The third-order valence-corrected chi connectivity index (χ3v) is 1.32. The lowest BCUT2D eigenvalue weighted by molar-refractivity contribution is -0.140. The fourth-order valence-electron chi connectivity index (χ4n) is 0.626. The smallest absolute Gasteiger partial charge is 0.320 e. The van der Waals surface area contributed by atoms with Crippen LogP contribution in [0.5, 0.6) is 0 Å². The van der Waals surface area contributed by atoms with Crippen LogP contribution in [0.4, 0.5) is 0 Å². The molecule has 0 amide bonds. The summed E-state index contributed by atoms with van der Waals surface area (Å²) in [5, 5.41) is 26.0. The Morgan fingerprint density at radius 1 is 1.73 bits per heavy atom. The van der Waals surface area contributed by atoms with E-state index >= 15 is 0 Å². The maximum atomic E-state index is 10.2. The molecule has 0 unspecified atom stereocenters. The zero-order valence-corrected chi connectivity index (χ0v) is 6.32. The Hall–Kier alpha value is -0.650. The topological polar surface area (TPSA) is 104 Å². The van der Waals surface area contributed by atoms with Crippen molar-refractivity contribution in [1.82, 2.24) is 0 Å². The molecule has 5 nitrogen and oxygen atoms in total. The van der Waals surface area contributed by atoms with Gasteiger partial charge in [0.25, 0.3) is 0 Å². The van der Waals surface area contributed by atoms with Gasteiger partial charge in [0.1, 0.15) is 6.04 Å². The van der Waals surface area contributed by atoms with Crippen LogP contribution in [-0.2, 0) is 4.79 Å². The molecule has 0 heterocycles. The van der Waals surface area contributed by atoms with Gasteiger partial charge in [-0.25, -0.2) is 0 Å². The lowest BCUT2D eigenvalue weighted by atomic mass is 9.99. The summed E-state index contributed by atoms with van der Waals surface area (Å²) in [6.45, 7) is 0.837. The molecule has 0 aliphatic carbocycles. The van der Waals surface area contributed by atoms with Crippen LogP contribution >= 0.6 is 0 Å². The van der Waals surface area contributed by atoms with Crippen molar-refractivity contribution in [2.75, 3.05) is 6.61 Å². The van der Waals surface area contributed by atoms with Gasteiger partial charge in [-0.2, -0.15) is 0 Å². The van der Waals surface area contributed by atoms with Crippen LogP contribution in [0.15, 0.2) is 0 Å². The molecule has 0 spiro atoms. The molecule has 0 aliphatic heterocycles. The highest BCUT2D eigenvalue weighted by atomic mass is 16.4. The predicted molar refractivity (Wildman–Crippen MR) is 37.9 cm³/mol. The molecule has 0 saturated heterocycles. The van der Waals surface area contributed by atoms with Gasteiger partial charge in [0, 0.05) is 6.42 Å². The van der Waals surface area contributed by atoms with Crippen molar-refractivity contribution in [3.8, 4) is 0 Å². The summed E-state index contributed by atoms with van der Waals surface area (Å²) in [7, 11) is 0. The van der Waals surface area contributed by atoms with E-state index in [2.05, 4.69) is 0 Å². The Morgan fingerprint density at radius 3 is 2.45 bits per heavy atom. The minimum atomic E-state index is -1.40. The van der Waals surface area contributed by atoms with Crippen molar-refractivity contribution in [1.29, 1.82) is 0 Å².